The van der Waals surface area contributed by atoms with Crippen LogP contribution in [-0.2, 0) is 0 Å². The fraction of sp³-hybridized carbons (Fsp3) is 0. The van der Waals surface area contributed by atoms with Gasteiger partial charge in [-0.15, -0.1) is 0 Å². The van der Waals surface area contributed by atoms with Gasteiger partial charge in [-0.25, -0.2) is 0 Å². The third-order valence-corrected chi connectivity index (χ3v) is 28.9. The molecule has 0 N–H and O–H groups in total. The maximum atomic E-state index is 2.47. The molecule has 4 heteroatoms. The maximum Gasteiger partial charge on any atom is 0.0541 e. The van der Waals surface area contributed by atoms with Crippen molar-refractivity contribution < 1.29 is 0 Å². The molecule has 0 unspecified atom stereocenters. The fourth-order valence-electron chi connectivity index (χ4n) is 22.8. The van der Waals surface area contributed by atoms with E-state index in [4.69, 9.17) is 0 Å². The summed E-state index contributed by atoms with van der Waals surface area (Å²) in [6.45, 7) is 0. The zero-order valence-corrected chi connectivity index (χ0v) is 73.0. The summed E-state index contributed by atoms with van der Waals surface area (Å²) in [5.41, 5.74) is 34.0. The highest BCUT2D eigenvalue weighted by Gasteiger charge is 2.27. The molecule has 0 bridgehead atoms. The van der Waals surface area contributed by atoms with Crippen LogP contribution in [0.3, 0.4) is 0 Å². The standard InChI is InChI=1S/C68H42N2.C62H38N2/c1-2-16-43(17-3-1)45-19-14-21-49(38-45)69-63-30-12-10-27-55(63)60-40-46(33-36-65(60)69)47-34-37-66-61(41-47)56-28-11-13-31-64(56)70(66)50-22-15-20-48(39-50)59-42-62-54-26-7-6-24-52(54)53-25-8-9-29-57(53)68(62)67-51-23-5-4-18-44(51)32-35-58(59)67;1-2-12-39(13-3-1)41-15-10-16-47(34-41)64-59-23-9-7-19-51(59)56-37-44(28-33-61(56)64)43-27-32-60-55(36-43)50-18-6-8-22-58(50)63(60)46-29-24-40(25-30-46)42-26-31-49-53-21-11-20-52-48-17-5-4-14-45(48)38-57(62(52)53)54(49)35-42/h1-42H;1-38H. The van der Waals surface area contributed by atoms with Gasteiger partial charge >= 0.3 is 0 Å². The van der Waals surface area contributed by atoms with Gasteiger partial charge < -0.3 is 18.3 Å². The summed E-state index contributed by atoms with van der Waals surface area (Å²) in [5, 5.41) is 28.1. The molecular weight excluding hydrogens is 1620 g/mol. The van der Waals surface area contributed by atoms with Gasteiger partial charge in [0, 0.05) is 65.8 Å². The summed E-state index contributed by atoms with van der Waals surface area (Å²) >= 11 is 0. The summed E-state index contributed by atoms with van der Waals surface area (Å²) in [4.78, 5) is 0. The molecule has 29 rings (SSSR count). The zero-order valence-electron chi connectivity index (χ0n) is 73.0. The Kier molecular flexibility index (Phi) is 16.8. The molecule has 4 nitrogen and oxygen atoms in total. The number of nitrogens with zero attached hydrogens (tertiary/aromatic N) is 4. The average molecular weight is 1700 g/mol. The normalized spacial score (nSPS) is 12.0. The summed E-state index contributed by atoms with van der Waals surface area (Å²) in [7, 11) is 0. The van der Waals surface area contributed by atoms with E-state index in [0.29, 0.717) is 0 Å². The van der Waals surface area contributed by atoms with E-state index >= 15 is 0 Å². The molecule has 0 fully saturated rings. The van der Waals surface area contributed by atoms with Gasteiger partial charge in [0.25, 0.3) is 0 Å². The topological polar surface area (TPSA) is 19.7 Å². The maximum absolute atomic E-state index is 2.47. The van der Waals surface area contributed by atoms with Gasteiger partial charge in [0.1, 0.15) is 0 Å². The highest BCUT2D eigenvalue weighted by molar-refractivity contribution is 6.37. The van der Waals surface area contributed by atoms with E-state index in [0.717, 1.165) is 22.7 Å². The second-order valence-electron chi connectivity index (χ2n) is 36.0. The Balaban J connectivity index is 0.000000134. The Morgan fingerprint density at radius 1 is 0.104 bits per heavy atom. The van der Waals surface area contributed by atoms with Gasteiger partial charge in [0.2, 0.25) is 0 Å². The molecule has 0 saturated heterocycles. The number of rotatable bonds is 10. The Morgan fingerprint density at radius 3 is 0.940 bits per heavy atom. The lowest BCUT2D eigenvalue weighted by atomic mass is 9.85. The van der Waals surface area contributed by atoms with Gasteiger partial charge in [0.05, 0.1) is 44.1 Å². The van der Waals surface area contributed by atoms with Crippen LogP contribution in [0.2, 0.25) is 0 Å². The predicted molar refractivity (Wildman–Crippen MR) is 570 cm³/mol. The second kappa shape index (κ2) is 29.9. The van der Waals surface area contributed by atoms with E-state index in [1.54, 1.807) is 0 Å². The quantitative estimate of drug-likeness (QED) is 0.122. The molecule has 134 heavy (non-hydrogen) atoms. The molecule has 1 aliphatic rings. The van der Waals surface area contributed by atoms with Crippen LogP contribution in [0.4, 0.5) is 0 Å². The van der Waals surface area contributed by atoms with Gasteiger partial charge in [-0.3, -0.25) is 0 Å². The number of benzene rings is 24. The molecule has 0 atom stereocenters. The number of aromatic nitrogens is 4. The molecule has 0 spiro atoms. The van der Waals surface area contributed by atoms with Crippen molar-refractivity contribution in [2.24, 2.45) is 0 Å². The van der Waals surface area contributed by atoms with Crippen LogP contribution < -0.4 is 0 Å². The Hall–Kier alpha value is -17.7. The van der Waals surface area contributed by atoms with Gasteiger partial charge in [-0.2, -0.15) is 0 Å². The number of hydrogen-bond donors (Lipinski definition) is 0. The van der Waals surface area contributed by atoms with Crippen molar-refractivity contribution in [1.29, 1.82) is 0 Å². The van der Waals surface area contributed by atoms with Gasteiger partial charge in [-0.05, 0) is 304 Å². The lowest BCUT2D eigenvalue weighted by molar-refractivity contribution is 1.18. The number of para-hydroxylation sites is 4. The molecular formula is C130H80N4. The summed E-state index contributed by atoms with van der Waals surface area (Å²) in [5.74, 6) is 0. The van der Waals surface area contributed by atoms with Crippen molar-refractivity contribution >= 4 is 163 Å². The highest BCUT2D eigenvalue weighted by atomic mass is 15.0. The first-order valence-electron chi connectivity index (χ1n) is 46.4. The highest BCUT2D eigenvalue weighted by Crippen LogP contribution is 2.53. The lowest BCUT2D eigenvalue weighted by Gasteiger charge is -2.18. The van der Waals surface area contributed by atoms with Crippen molar-refractivity contribution in [3.8, 4) is 112 Å². The smallest absolute Gasteiger partial charge is 0.0541 e. The minimum Gasteiger partial charge on any atom is -0.309 e. The average Bonchev–Trinajstić information content (AvgIpc) is 1.33. The summed E-state index contributed by atoms with van der Waals surface area (Å²) in [6.07, 6.45) is 0. The molecule has 1 aliphatic carbocycles. The van der Waals surface area contributed by atoms with Crippen LogP contribution in [-0.4, -0.2) is 18.3 Å². The third kappa shape index (κ3) is 11.7. The van der Waals surface area contributed by atoms with Crippen LogP contribution in [0, 0.1) is 0 Å². The minimum atomic E-state index is 1.14. The first kappa shape index (κ1) is 75.3. The Labute approximate surface area is 772 Å². The van der Waals surface area contributed by atoms with Crippen LogP contribution in [0.15, 0.2) is 485 Å². The molecule has 24 aromatic carbocycles. The molecule has 0 amide bonds. The van der Waals surface area contributed by atoms with Crippen LogP contribution in [0.25, 0.3) is 274 Å². The van der Waals surface area contributed by atoms with Crippen LogP contribution in [0.1, 0.15) is 0 Å². The summed E-state index contributed by atoms with van der Waals surface area (Å²) < 4.78 is 9.71. The van der Waals surface area contributed by atoms with E-state index < -0.39 is 0 Å². The molecule has 4 heterocycles. The molecule has 0 radical (unpaired) electrons. The predicted octanol–water partition coefficient (Wildman–Crippen LogP) is 35.5. The lowest BCUT2D eigenvalue weighted by Crippen LogP contribution is -1.95. The van der Waals surface area contributed by atoms with Crippen molar-refractivity contribution in [3.63, 3.8) is 0 Å². The van der Waals surface area contributed by atoms with Crippen molar-refractivity contribution in [2.75, 3.05) is 0 Å². The van der Waals surface area contributed by atoms with Gasteiger partial charge in [-0.1, -0.05) is 346 Å². The van der Waals surface area contributed by atoms with Crippen molar-refractivity contribution in [1.82, 2.24) is 18.3 Å². The van der Waals surface area contributed by atoms with Crippen molar-refractivity contribution in [3.05, 3.63) is 485 Å². The SMILES string of the molecule is c1ccc(-c2cccc(-n3c4ccccc4c4cc(-c5ccc6c(c5)c5ccccc5n6-c5ccc(-c6ccc7c(c6)-c6cc8ccccc8c8cccc-7c68)cc5)ccc43)c2)cc1.c1ccc(-c2cccc(-n3c4ccccc4c4cc(-c5ccc6c(c5)c5ccccc5n6-c5cccc(-c6cc7c8ccccc8c8ccccc8c7c7c6ccc6ccccc67)c5)ccc43)c2)cc1. The Morgan fingerprint density at radius 2 is 0.433 bits per heavy atom. The summed E-state index contributed by atoms with van der Waals surface area (Å²) in [6, 6.07) is 180. The van der Waals surface area contributed by atoms with Crippen LogP contribution >= 0.6 is 0 Å². The minimum absolute atomic E-state index is 1.14. The van der Waals surface area contributed by atoms with Crippen LogP contribution in [0.5, 0.6) is 0 Å². The second-order valence-corrected chi connectivity index (χ2v) is 36.0. The molecule has 28 aromatic rings. The zero-order chi connectivity index (χ0) is 87.7. The molecule has 620 valence electrons. The number of hydrogen-bond acceptors (Lipinski definition) is 0. The largest absolute Gasteiger partial charge is 0.309 e. The number of fused-ring (bicyclic) bond motifs is 27. The third-order valence-electron chi connectivity index (χ3n) is 28.9. The van der Waals surface area contributed by atoms with E-state index in [9.17, 15) is 0 Å². The van der Waals surface area contributed by atoms with E-state index in [1.165, 1.54) is 252 Å². The monoisotopic (exact) mass is 1700 g/mol. The first-order chi connectivity index (χ1) is 66.5. The van der Waals surface area contributed by atoms with Gasteiger partial charge in [0.15, 0.2) is 0 Å². The van der Waals surface area contributed by atoms with E-state index in [2.05, 4.69) is 504 Å². The molecule has 4 aromatic heterocycles. The molecule has 0 saturated carbocycles. The first-order valence-corrected chi connectivity index (χ1v) is 46.4. The van der Waals surface area contributed by atoms with E-state index in [1.807, 2.05) is 0 Å². The fourth-order valence-corrected chi connectivity index (χ4v) is 22.8. The van der Waals surface area contributed by atoms with E-state index in [-0.39, 0.29) is 0 Å². The Bertz CT molecular complexity index is 9820. The van der Waals surface area contributed by atoms with Crippen molar-refractivity contribution in [2.45, 2.75) is 0 Å². The molecule has 0 aliphatic heterocycles.